The SMILES string of the molecule is C=C[C@@H]1CN(Cc2ccccc2)C[C@@H](c2c[nH]c3ccc(OC)cc23)c2[nH]c3ccc(OC)cc3c21. The highest BCUT2D eigenvalue weighted by molar-refractivity contribution is 5.89. The zero-order valence-corrected chi connectivity index (χ0v) is 20.8. The molecule has 0 amide bonds. The smallest absolute Gasteiger partial charge is 0.119 e. The molecular weight excluding hydrogens is 446 g/mol. The zero-order valence-electron chi connectivity index (χ0n) is 20.8. The van der Waals surface area contributed by atoms with Crippen LogP contribution in [0.2, 0.25) is 0 Å². The second-order valence-corrected chi connectivity index (χ2v) is 9.59. The van der Waals surface area contributed by atoms with E-state index in [0.717, 1.165) is 42.2 Å². The summed E-state index contributed by atoms with van der Waals surface area (Å²) in [5.74, 6) is 2.07. The van der Waals surface area contributed by atoms with Gasteiger partial charge in [0.25, 0.3) is 0 Å². The van der Waals surface area contributed by atoms with Crippen molar-refractivity contribution >= 4 is 21.8 Å². The largest absolute Gasteiger partial charge is 0.497 e. The number of H-pyrrole nitrogens is 2. The van der Waals surface area contributed by atoms with Crippen LogP contribution in [-0.2, 0) is 6.54 Å². The number of fused-ring (bicyclic) bond motifs is 4. The summed E-state index contributed by atoms with van der Waals surface area (Å²) < 4.78 is 11.2. The molecule has 0 bridgehead atoms. The van der Waals surface area contributed by atoms with Crippen molar-refractivity contribution in [3.8, 4) is 11.5 Å². The Labute approximate surface area is 211 Å². The predicted molar refractivity (Wildman–Crippen MR) is 146 cm³/mol. The van der Waals surface area contributed by atoms with Crippen LogP contribution in [0.4, 0.5) is 0 Å². The third-order valence-corrected chi connectivity index (χ3v) is 7.52. The van der Waals surface area contributed by atoms with Gasteiger partial charge < -0.3 is 19.4 Å². The molecule has 0 spiro atoms. The number of rotatable bonds is 6. The highest BCUT2D eigenvalue weighted by Gasteiger charge is 2.33. The molecule has 5 heteroatoms. The van der Waals surface area contributed by atoms with Crippen LogP contribution in [0.3, 0.4) is 0 Å². The number of ether oxygens (including phenoxy) is 2. The fourth-order valence-electron chi connectivity index (χ4n) is 5.76. The monoisotopic (exact) mass is 477 g/mol. The van der Waals surface area contributed by atoms with Gasteiger partial charge in [-0.25, -0.2) is 0 Å². The molecule has 0 unspecified atom stereocenters. The van der Waals surface area contributed by atoms with E-state index in [0.29, 0.717) is 0 Å². The molecule has 1 aliphatic rings. The molecule has 2 N–H and O–H groups in total. The van der Waals surface area contributed by atoms with Gasteiger partial charge in [-0.3, -0.25) is 4.90 Å². The summed E-state index contributed by atoms with van der Waals surface area (Å²) in [4.78, 5) is 9.87. The maximum absolute atomic E-state index is 5.60. The van der Waals surface area contributed by atoms with E-state index in [2.05, 4.69) is 88.3 Å². The number of aromatic amines is 2. The van der Waals surface area contributed by atoms with Crippen molar-refractivity contribution in [2.75, 3.05) is 27.3 Å². The standard InChI is InChI=1S/C31H31N3O2/c1-4-21-18-34(17-20-8-6-5-7-9-20)19-27(26-16-32-28-12-10-22(35-2)14-24(26)28)31-30(21)25-15-23(36-3)11-13-29(25)33-31/h4-16,21,27,32-33H,1,17-19H2,2-3H3/t21-,27+/m1/s1. The summed E-state index contributed by atoms with van der Waals surface area (Å²) in [5.41, 5.74) is 7.40. The van der Waals surface area contributed by atoms with Crippen LogP contribution in [0.5, 0.6) is 11.5 Å². The molecule has 0 saturated carbocycles. The molecule has 5 nitrogen and oxygen atoms in total. The van der Waals surface area contributed by atoms with E-state index in [4.69, 9.17) is 9.47 Å². The summed E-state index contributed by atoms with van der Waals surface area (Å²) >= 11 is 0. The van der Waals surface area contributed by atoms with Crippen LogP contribution in [-0.4, -0.2) is 42.2 Å². The Morgan fingerprint density at radius 2 is 1.64 bits per heavy atom. The Hall–Kier alpha value is -3.96. The molecule has 2 atom stereocenters. The lowest BCUT2D eigenvalue weighted by Gasteiger charge is -2.26. The van der Waals surface area contributed by atoms with Crippen molar-refractivity contribution in [2.45, 2.75) is 18.4 Å². The van der Waals surface area contributed by atoms with E-state index >= 15 is 0 Å². The highest BCUT2D eigenvalue weighted by Crippen LogP contribution is 2.43. The number of aromatic nitrogens is 2. The van der Waals surface area contributed by atoms with Gasteiger partial charge in [0.1, 0.15) is 11.5 Å². The molecule has 3 heterocycles. The molecular formula is C31H31N3O2. The second-order valence-electron chi connectivity index (χ2n) is 9.59. The van der Waals surface area contributed by atoms with Crippen LogP contribution in [0, 0.1) is 0 Å². The third kappa shape index (κ3) is 3.86. The summed E-state index contributed by atoms with van der Waals surface area (Å²) in [5, 5.41) is 2.40. The molecule has 3 aromatic carbocycles. The second kappa shape index (κ2) is 9.25. The van der Waals surface area contributed by atoms with Crippen molar-refractivity contribution in [3.05, 3.63) is 108 Å². The van der Waals surface area contributed by atoms with E-state index < -0.39 is 0 Å². The Bertz CT molecular complexity index is 1530. The summed E-state index contributed by atoms with van der Waals surface area (Å²) in [7, 11) is 3.44. The lowest BCUT2D eigenvalue weighted by molar-refractivity contribution is 0.260. The Morgan fingerprint density at radius 3 is 2.36 bits per heavy atom. The molecule has 1 aliphatic heterocycles. The van der Waals surface area contributed by atoms with Gasteiger partial charge in [0.15, 0.2) is 0 Å². The number of methoxy groups -OCH3 is 2. The minimum atomic E-state index is 0.146. The molecule has 182 valence electrons. The van der Waals surface area contributed by atoms with Gasteiger partial charge in [0.05, 0.1) is 14.2 Å². The normalized spacial score (nSPS) is 18.2. The van der Waals surface area contributed by atoms with Crippen molar-refractivity contribution in [2.24, 2.45) is 0 Å². The first-order chi connectivity index (χ1) is 17.7. The quantitative estimate of drug-likeness (QED) is 0.272. The first-order valence-electron chi connectivity index (χ1n) is 12.4. The van der Waals surface area contributed by atoms with Crippen LogP contribution in [0.25, 0.3) is 21.8 Å². The lowest BCUT2D eigenvalue weighted by Crippen LogP contribution is -2.29. The third-order valence-electron chi connectivity index (χ3n) is 7.52. The van der Waals surface area contributed by atoms with E-state index in [1.54, 1.807) is 14.2 Å². The number of hydrogen-bond acceptors (Lipinski definition) is 3. The van der Waals surface area contributed by atoms with Gasteiger partial charge in [-0.15, -0.1) is 6.58 Å². The van der Waals surface area contributed by atoms with Crippen LogP contribution in [0.1, 0.15) is 34.2 Å². The average molecular weight is 478 g/mol. The van der Waals surface area contributed by atoms with Crippen LogP contribution < -0.4 is 9.47 Å². The van der Waals surface area contributed by atoms with Gasteiger partial charge in [0, 0.05) is 65.2 Å². The number of hydrogen-bond donors (Lipinski definition) is 2. The number of benzene rings is 3. The van der Waals surface area contributed by atoms with E-state index in [1.165, 1.54) is 33.2 Å². The summed E-state index contributed by atoms with van der Waals surface area (Å²) in [6, 6.07) is 23.3. The summed E-state index contributed by atoms with van der Waals surface area (Å²) in [6.45, 7) is 6.94. The Morgan fingerprint density at radius 1 is 0.917 bits per heavy atom. The Kier molecular flexibility index (Phi) is 5.78. The molecule has 2 aromatic heterocycles. The van der Waals surface area contributed by atoms with E-state index in [1.807, 2.05) is 12.1 Å². The topological polar surface area (TPSA) is 53.3 Å². The fraction of sp³-hybridized carbons (Fsp3) is 0.226. The fourth-order valence-corrected chi connectivity index (χ4v) is 5.76. The highest BCUT2D eigenvalue weighted by atomic mass is 16.5. The molecule has 6 rings (SSSR count). The number of nitrogens with one attached hydrogen (secondary N) is 2. The van der Waals surface area contributed by atoms with Crippen molar-refractivity contribution < 1.29 is 9.47 Å². The summed E-state index contributed by atoms with van der Waals surface area (Å²) in [6.07, 6.45) is 4.27. The van der Waals surface area contributed by atoms with Gasteiger partial charge in [-0.1, -0.05) is 36.4 Å². The predicted octanol–water partition coefficient (Wildman–Crippen LogP) is 6.58. The van der Waals surface area contributed by atoms with Crippen LogP contribution >= 0.6 is 0 Å². The molecule has 0 radical (unpaired) electrons. The van der Waals surface area contributed by atoms with Gasteiger partial charge in [-0.2, -0.15) is 0 Å². The minimum absolute atomic E-state index is 0.146. The zero-order chi connectivity index (χ0) is 24.6. The molecule has 0 fully saturated rings. The first kappa shape index (κ1) is 22.5. The lowest BCUT2D eigenvalue weighted by atomic mass is 9.89. The van der Waals surface area contributed by atoms with E-state index in [9.17, 15) is 0 Å². The maximum atomic E-state index is 5.60. The number of nitrogens with zero attached hydrogens (tertiary/aromatic N) is 1. The maximum Gasteiger partial charge on any atom is 0.119 e. The van der Waals surface area contributed by atoms with Crippen molar-refractivity contribution in [1.29, 1.82) is 0 Å². The first-order valence-corrected chi connectivity index (χ1v) is 12.4. The van der Waals surface area contributed by atoms with Gasteiger partial charge in [-0.05, 0) is 53.1 Å². The molecule has 5 aromatic rings. The Balaban J connectivity index is 1.54. The van der Waals surface area contributed by atoms with E-state index in [-0.39, 0.29) is 11.8 Å². The molecule has 0 saturated heterocycles. The molecule has 0 aliphatic carbocycles. The average Bonchev–Trinajstić information content (AvgIpc) is 3.47. The molecule has 36 heavy (non-hydrogen) atoms. The van der Waals surface area contributed by atoms with Crippen molar-refractivity contribution in [3.63, 3.8) is 0 Å². The van der Waals surface area contributed by atoms with Gasteiger partial charge in [0.2, 0.25) is 0 Å². The minimum Gasteiger partial charge on any atom is -0.497 e. The van der Waals surface area contributed by atoms with Gasteiger partial charge >= 0.3 is 0 Å². The van der Waals surface area contributed by atoms with Crippen LogP contribution in [0.15, 0.2) is 85.6 Å². The van der Waals surface area contributed by atoms with Crippen molar-refractivity contribution in [1.82, 2.24) is 14.9 Å².